The first-order chi connectivity index (χ1) is 8.77. The van der Waals surface area contributed by atoms with Crippen molar-refractivity contribution in [3.05, 3.63) is 34.3 Å². The van der Waals surface area contributed by atoms with Crippen molar-refractivity contribution >= 4 is 33.4 Å². The van der Waals surface area contributed by atoms with E-state index in [0.717, 1.165) is 17.3 Å². The van der Waals surface area contributed by atoms with Gasteiger partial charge in [-0.15, -0.1) is 0 Å². The summed E-state index contributed by atoms with van der Waals surface area (Å²) in [7, 11) is 0. The quantitative estimate of drug-likeness (QED) is 0.794. The number of carbonyl (C=O) groups is 1. The predicted octanol–water partition coefficient (Wildman–Crippen LogP) is 4.58. The van der Waals surface area contributed by atoms with Gasteiger partial charge in [-0.1, -0.05) is 60.4 Å². The molecule has 0 radical (unpaired) electrons. The summed E-state index contributed by atoms with van der Waals surface area (Å²) in [5.41, 5.74) is 1.48. The van der Waals surface area contributed by atoms with Crippen molar-refractivity contribution in [1.29, 1.82) is 0 Å². The van der Waals surface area contributed by atoms with E-state index in [0.29, 0.717) is 10.6 Å². The van der Waals surface area contributed by atoms with E-state index in [1.165, 1.54) is 0 Å². The molecule has 0 aliphatic heterocycles. The number of rotatable bonds is 4. The molecule has 4 heteroatoms. The Morgan fingerprint density at radius 3 is 2.58 bits per heavy atom. The molecule has 19 heavy (non-hydrogen) atoms. The minimum absolute atomic E-state index is 0.0136. The maximum Gasteiger partial charge on any atom is 0.253 e. The van der Waals surface area contributed by atoms with Gasteiger partial charge in [0.05, 0.1) is 10.6 Å². The van der Waals surface area contributed by atoms with Crippen LogP contribution in [0.2, 0.25) is 5.02 Å². The lowest BCUT2D eigenvalue weighted by molar-refractivity contribution is 0.0901. The number of amides is 1. The summed E-state index contributed by atoms with van der Waals surface area (Å²) in [6, 6.07) is 5.63. The summed E-state index contributed by atoms with van der Waals surface area (Å²) in [5, 5.41) is 4.48. The third kappa shape index (κ3) is 4.50. The minimum Gasteiger partial charge on any atom is -0.349 e. The Bertz CT molecular complexity index is 454. The van der Waals surface area contributed by atoms with Crippen LogP contribution in [0.5, 0.6) is 0 Å². The van der Waals surface area contributed by atoms with Crippen LogP contribution in [-0.2, 0) is 0 Å². The van der Waals surface area contributed by atoms with Gasteiger partial charge in [0.1, 0.15) is 0 Å². The largest absolute Gasteiger partial charge is 0.349 e. The smallest absolute Gasteiger partial charge is 0.253 e. The highest BCUT2D eigenvalue weighted by Crippen LogP contribution is 2.25. The molecule has 0 saturated carbocycles. The number of nitrogens with one attached hydrogen (secondary N) is 1. The van der Waals surface area contributed by atoms with Crippen LogP contribution in [0.3, 0.4) is 0 Å². The molecule has 2 nitrogen and oxygen atoms in total. The Balaban J connectivity index is 2.91. The molecule has 0 saturated heterocycles. The van der Waals surface area contributed by atoms with Gasteiger partial charge < -0.3 is 5.32 Å². The Hall–Kier alpha value is -0.540. The van der Waals surface area contributed by atoms with Crippen molar-refractivity contribution in [2.24, 2.45) is 5.41 Å². The fourth-order valence-corrected chi connectivity index (χ4v) is 2.56. The van der Waals surface area contributed by atoms with E-state index in [1.54, 1.807) is 6.07 Å². The first-order valence-electron chi connectivity index (χ1n) is 6.39. The van der Waals surface area contributed by atoms with Gasteiger partial charge in [-0.2, -0.15) is 0 Å². The number of aryl methyl sites for hydroxylation is 1. The Labute approximate surface area is 129 Å². The van der Waals surface area contributed by atoms with Crippen LogP contribution in [0.15, 0.2) is 18.2 Å². The van der Waals surface area contributed by atoms with E-state index in [9.17, 15) is 4.79 Å². The Morgan fingerprint density at radius 2 is 2.05 bits per heavy atom. The summed E-state index contributed by atoms with van der Waals surface area (Å²) in [4.78, 5) is 12.3. The normalized spacial score (nSPS) is 13.2. The van der Waals surface area contributed by atoms with Gasteiger partial charge in [-0.25, -0.2) is 0 Å². The van der Waals surface area contributed by atoms with Crippen LogP contribution in [0.1, 0.15) is 43.1 Å². The molecular formula is C15H21BrClNO. The van der Waals surface area contributed by atoms with Crippen LogP contribution >= 0.6 is 27.5 Å². The number of carbonyl (C=O) groups excluding carboxylic acids is 1. The maximum atomic E-state index is 12.3. The fraction of sp³-hybridized carbons (Fsp3) is 0.533. The van der Waals surface area contributed by atoms with Crippen molar-refractivity contribution in [1.82, 2.24) is 5.32 Å². The van der Waals surface area contributed by atoms with Gasteiger partial charge in [-0.05, 0) is 30.4 Å². The highest BCUT2D eigenvalue weighted by atomic mass is 79.9. The standard InChI is InChI=1S/C15H21BrClNO/c1-10-6-5-7-11(13(10)17)14(19)18-12(8-9-16)15(2,3)4/h5-7,12H,8-9H2,1-4H3,(H,18,19). The molecule has 1 aromatic rings. The van der Waals surface area contributed by atoms with Crippen molar-refractivity contribution in [2.45, 2.75) is 40.2 Å². The van der Waals surface area contributed by atoms with Crippen LogP contribution in [0.4, 0.5) is 0 Å². The first-order valence-corrected chi connectivity index (χ1v) is 7.89. The molecule has 106 valence electrons. The van der Waals surface area contributed by atoms with E-state index in [-0.39, 0.29) is 17.4 Å². The lowest BCUT2D eigenvalue weighted by Crippen LogP contribution is -2.44. The first kappa shape index (κ1) is 16.5. The minimum atomic E-state index is -0.102. The topological polar surface area (TPSA) is 29.1 Å². The van der Waals surface area contributed by atoms with Crippen LogP contribution < -0.4 is 5.32 Å². The zero-order valence-electron chi connectivity index (χ0n) is 11.9. The Kier molecular flexibility index (Phi) is 5.87. The number of benzene rings is 1. The molecule has 1 unspecified atom stereocenters. The molecule has 0 spiro atoms. The summed E-state index contributed by atoms with van der Waals surface area (Å²) < 4.78 is 0. The van der Waals surface area contributed by atoms with Gasteiger partial charge in [0.2, 0.25) is 0 Å². The van der Waals surface area contributed by atoms with Gasteiger partial charge in [-0.3, -0.25) is 4.79 Å². The number of hydrogen-bond acceptors (Lipinski definition) is 1. The number of halogens is 2. The van der Waals surface area contributed by atoms with Gasteiger partial charge >= 0.3 is 0 Å². The summed E-state index contributed by atoms with van der Waals surface area (Å²) >= 11 is 9.63. The number of alkyl halides is 1. The van der Waals surface area contributed by atoms with Gasteiger partial charge in [0.25, 0.3) is 5.91 Å². The second-order valence-electron chi connectivity index (χ2n) is 5.81. The van der Waals surface area contributed by atoms with E-state index < -0.39 is 0 Å². The zero-order chi connectivity index (χ0) is 14.6. The SMILES string of the molecule is Cc1cccc(C(=O)NC(CCBr)C(C)(C)C)c1Cl. The van der Waals surface area contributed by atoms with Crippen molar-refractivity contribution < 1.29 is 4.79 Å². The highest BCUT2D eigenvalue weighted by molar-refractivity contribution is 9.09. The Morgan fingerprint density at radius 1 is 1.42 bits per heavy atom. The average Bonchev–Trinajstić information content (AvgIpc) is 2.30. The van der Waals surface area contributed by atoms with E-state index >= 15 is 0 Å². The maximum absolute atomic E-state index is 12.3. The van der Waals surface area contributed by atoms with Gasteiger partial charge in [0.15, 0.2) is 0 Å². The van der Waals surface area contributed by atoms with Gasteiger partial charge in [0, 0.05) is 11.4 Å². The van der Waals surface area contributed by atoms with Crippen LogP contribution in [0.25, 0.3) is 0 Å². The third-order valence-corrected chi connectivity index (χ3v) is 4.14. The lowest BCUT2D eigenvalue weighted by Gasteiger charge is -2.31. The molecule has 1 amide bonds. The summed E-state index contributed by atoms with van der Waals surface area (Å²) in [6.45, 7) is 8.27. The summed E-state index contributed by atoms with van der Waals surface area (Å²) in [6.07, 6.45) is 0.888. The molecule has 0 bridgehead atoms. The fourth-order valence-electron chi connectivity index (χ4n) is 1.89. The van der Waals surface area contributed by atoms with Crippen LogP contribution in [-0.4, -0.2) is 17.3 Å². The zero-order valence-corrected chi connectivity index (χ0v) is 14.2. The van der Waals surface area contributed by atoms with Crippen molar-refractivity contribution in [3.8, 4) is 0 Å². The lowest BCUT2D eigenvalue weighted by atomic mass is 9.85. The molecule has 0 fully saturated rings. The molecule has 1 atom stereocenters. The molecule has 0 aliphatic carbocycles. The molecule has 0 heterocycles. The molecular weight excluding hydrogens is 326 g/mol. The molecule has 0 aromatic heterocycles. The molecule has 1 rings (SSSR count). The molecule has 1 aromatic carbocycles. The monoisotopic (exact) mass is 345 g/mol. The average molecular weight is 347 g/mol. The van der Waals surface area contributed by atoms with Crippen molar-refractivity contribution in [3.63, 3.8) is 0 Å². The number of hydrogen-bond donors (Lipinski definition) is 1. The highest BCUT2D eigenvalue weighted by Gasteiger charge is 2.26. The second kappa shape index (κ2) is 6.76. The molecule has 1 N–H and O–H groups in total. The third-order valence-electron chi connectivity index (χ3n) is 3.18. The predicted molar refractivity (Wildman–Crippen MR) is 85.3 cm³/mol. The van der Waals surface area contributed by atoms with E-state index in [1.807, 2.05) is 19.1 Å². The molecule has 0 aliphatic rings. The van der Waals surface area contributed by atoms with E-state index in [2.05, 4.69) is 42.0 Å². The second-order valence-corrected chi connectivity index (χ2v) is 6.98. The van der Waals surface area contributed by atoms with Crippen molar-refractivity contribution in [2.75, 3.05) is 5.33 Å². The van der Waals surface area contributed by atoms with Crippen LogP contribution in [0, 0.1) is 12.3 Å². The van der Waals surface area contributed by atoms with E-state index in [4.69, 9.17) is 11.6 Å². The summed E-state index contributed by atoms with van der Waals surface area (Å²) in [5.74, 6) is -0.102.